The number of nitrogens with zero attached hydrogens (tertiary/aromatic N) is 2. The Kier molecular flexibility index (Phi) is 4.90. The first kappa shape index (κ1) is 14.3. The minimum Gasteiger partial charge on any atom is -0.396 e. The number of carbonyl (C=O) groups is 1. The first-order chi connectivity index (χ1) is 9.72. The molecule has 5 nitrogen and oxygen atoms in total. The molecule has 1 heterocycles. The highest BCUT2D eigenvalue weighted by Gasteiger charge is 2.17. The number of aliphatic hydroxyl groups is 1. The lowest BCUT2D eigenvalue weighted by molar-refractivity contribution is 0.0923. The number of hydrogen-bond donors (Lipinski definition) is 2. The van der Waals surface area contributed by atoms with Crippen molar-refractivity contribution in [2.75, 3.05) is 6.61 Å². The molecule has 2 N–H and O–H groups in total. The summed E-state index contributed by atoms with van der Waals surface area (Å²) in [6, 6.07) is 11.4. The van der Waals surface area contributed by atoms with Crippen molar-refractivity contribution in [2.24, 2.45) is 7.05 Å². The summed E-state index contributed by atoms with van der Waals surface area (Å²) >= 11 is 0. The maximum Gasteiger partial charge on any atom is 0.270 e. The van der Waals surface area contributed by atoms with Crippen LogP contribution in [-0.2, 0) is 7.05 Å². The van der Waals surface area contributed by atoms with Crippen LogP contribution in [0.3, 0.4) is 0 Å². The maximum absolute atomic E-state index is 12.2. The SMILES string of the molecule is Cn1nccc1C(=O)NC(CCCO)c1ccccc1. The molecule has 0 fully saturated rings. The quantitative estimate of drug-likeness (QED) is 0.841. The number of rotatable bonds is 6. The third-order valence-corrected chi connectivity index (χ3v) is 3.21. The van der Waals surface area contributed by atoms with Crippen LogP contribution in [0, 0.1) is 0 Å². The van der Waals surface area contributed by atoms with Crippen LogP contribution in [0.5, 0.6) is 0 Å². The molecule has 0 saturated heterocycles. The Morgan fingerprint density at radius 3 is 2.70 bits per heavy atom. The molecule has 106 valence electrons. The first-order valence-electron chi connectivity index (χ1n) is 6.67. The highest BCUT2D eigenvalue weighted by Crippen LogP contribution is 2.18. The normalized spacial score (nSPS) is 12.1. The molecule has 1 unspecified atom stereocenters. The van der Waals surface area contributed by atoms with Gasteiger partial charge in [-0.2, -0.15) is 5.10 Å². The first-order valence-corrected chi connectivity index (χ1v) is 6.67. The van der Waals surface area contributed by atoms with E-state index in [-0.39, 0.29) is 18.6 Å². The minimum absolute atomic E-state index is 0.106. The molecule has 1 amide bonds. The smallest absolute Gasteiger partial charge is 0.270 e. The van der Waals surface area contributed by atoms with E-state index in [2.05, 4.69) is 10.4 Å². The van der Waals surface area contributed by atoms with Gasteiger partial charge in [0.05, 0.1) is 6.04 Å². The van der Waals surface area contributed by atoms with Gasteiger partial charge in [0, 0.05) is 19.9 Å². The Bertz CT molecular complexity index is 551. The summed E-state index contributed by atoms with van der Waals surface area (Å²) in [6.45, 7) is 0.116. The number of aliphatic hydroxyl groups excluding tert-OH is 1. The van der Waals surface area contributed by atoms with Crippen molar-refractivity contribution < 1.29 is 9.90 Å². The number of amides is 1. The fraction of sp³-hybridized carbons (Fsp3) is 0.333. The molecule has 0 aliphatic carbocycles. The van der Waals surface area contributed by atoms with Crippen LogP contribution in [0.15, 0.2) is 42.6 Å². The molecule has 5 heteroatoms. The van der Waals surface area contributed by atoms with E-state index >= 15 is 0 Å². The molecule has 0 spiro atoms. The van der Waals surface area contributed by atoms with E-state index < -0.39 is 0 Å². The molecule has 1 atom stereocenters. The molecule has 0 aliphatic rings. The van der Waals surface area contributed by atoms with Crippen molar-refractivity contribution in [1.29, 1.82) is 0 Å². The zero-order chi connectivity index (χ0) is 14.4. The summed E-state index contributed by atoms with van der Waals surface area (Å²) in [7, 11) is 1.74. The van der Waals surface area contributed by atoms with Crippen LogP contribution in [0.4, 0.5) is 0 Å². The Hall–Kier alpha value is -2.14. The Balaban J connectivity index is 2.12. The predicted molar refractivity (Wildman–Crippen MR) is 76.2 cm³/mol. The fourth-order valence-electron chi connectivity index (χ4n) is 2.13. The van der Waals surface area contributed by atoms with Crippen LogP contribution in [-0.4, -0.2) is 27.4 Å². The highest BCUT2D eigenvalue weighted by atomic mass is 16.3. The van der Waals surface area contributed by atoms with E-state index in [1.54, 1.807) is 24.0 Å². The van der Waals surface area contributed by atoms with E-state index in [0.29, 0.717) is 18.5 Å². The van der Waals surface area contributed by atoms with Crippen molar-refractivity contribution >= 4 is 5.91 Å². The van der Waals surface area contributed by atoms with Gasteiger partial charge in [0.25, 0.3) is 5.91 Å². The molecule has 0 bridgehead atoms. The second-order valence-corrected chi connectivity index (χ2v) is 4.64. The van der Waals surface area contributed by atoms with Gasteiger partial charge in [-0.1, -0.05) is 30.3 Å². The van der Waals surface area contributed by atoms with Crippen LogP contribution in [0.2, 0.25) is 0 Å². The number of aromatic nitrogens is 2. The molecular weight excluding hydrogens is 254 g/mol. The van der Waals surface area contributed by atoms with Crippen LogP contribution in [0.1, 0.15) is 34.9 Å². The van der Waals surface area contributed by atoms with Gasteiger partial charge in [0.15, 0.2) is 0 Å². The van der Waals surface area contributed by atoms with Gasteiger partial charge in [0.2, 0.25) is 0 Å². The third kappa shape index (κ3) is 3.45. The molecule has 1 aromatic heterocycles. The summed E-state index contributed by atoms with van der Waals surface area (Å²) in [5.74, 6) is -0.156. The van der Waals surface area contributed by atoms with E-state index in [4.69, 9.17) is 5.11 Å². The van der Waals surface area contributed by atoms with Crippen molar-refractivity contribution in [3.8, 4) is 0 Å². The number of benzene rings is 1. The molecule has 0 aliphatic heterocycles. The molecular formula is C15H19N3O2. The lowest BCUT2D eigenvalue weighted by Gasteiger charge is -2.19. The van der Waals surface area contributed by atoms with Crippen molar-refractivity contribution in [3.63, 3.8) is 0 Å². The summed E-state index contributed by atoms with van der Waals surface area (Å²) in [6.07, 6.45) is 2.94. The van der Waals surface area contributed by atoms with E-state index in [1.807, 2.05) is 30.3 Å². The summed E-state index contributed by atoms with van der Waals surface area (Å²) in [5.41, 5.74) is 1.56. The Morgan fingerprint density at radius 1 is 1.35 bits per heavy atom. The van der Waals surface area contributed by atoms with Gasteiger partial charge in [-0.05, 0) is 24.5 Å². The lowest BCUT2D eigenvalue weighted by Crippen LogP contribution is -2.30. The number of aryl methyl sites for hydroxylation is 1. The summed E-state index contributed by atoms with van der Waals surface area (Å²) in [4.78, 5) is 12.2. The van der Waals surface area contributed by atoms with Crippen LogP contribution >= 0.6 is 0 Å². The van der Waals surface area contributed by atoms with E-state index in [1.165, 1.54) is 0 Å². The standard InChI is InChI=1S/C15H19N3O2/c1-18-14(9-10-16-18)15(20)17-13(8-5-11-19)12-6-3-2-4-7-12/h2-4,6-7,9-10,13,19H,5,8,11H2,1H3,(H,17,20). The fourth-order valence-corrected chi connectivity index (χ4v) is 2.13. The second-order valence-electron chi connectivity index (χ2n) is 4.64. The Labute approximate surface area is 118 Å². The average Bonchev–Trinajstić information content (AvgIpc) is 2.90. The number of hydrogen-bond acceptors (Lipinski definition) is 3. The van der Waals surface area contributed by atoms with Gasteiger partial charge < -0.3 is 10.4 Å². The lowest BCUT2D eigenvalue weighted by atomic mass is 10.0. The monoisotopic (exact) mass is 273 g/mol. The Morgan fingerprint density at radius 2 is 2.10 bits per heavy atom. The third-order valence-electron chi connectivity index (χ3n) is 3.21. The molecule has 1 aromatic carbocycles. The molecule has 2 aromatic rings. The molecule has 2 rings (SSSR count). The average molecular weight is 273 g/mol. The molecule has 20 heavy (non-hydrogen) atoms. The van der Waals surface area contributed by atoms with Gasteiger partial charge in [-0.25, -0.2) is 0 Å². The molecule has 0 radical (unpaired) electrons. The topological polar surface area (TPSA) is 67.2 Å². The summed E-state index contributed by atoms with van der Waals surface area (Å²) < 4.78 is 1.55. The van der Waals surface area contributed by atoms with Crippen molar-refractivity contribution in [2.45, 2.75) is 18.9 Å². The maximum atomic E-state index is 12.2. The zero-order valence-electron chi connectivity index (χ0n) is 11.5. The van der Waals surface area contributed by atoms with Gasteiger partial charge in [0.1, 0.15) is 5.69 Å². The number of nitrogens with one attached hydrogen (secondary N) is 1. The zero-order valence-corrected chi connectivity index (χ0v) is 11.5. The largest absolute Gasteiger partial charge is 0.396 e. The van der Waals surface area contributed by atoms with Gasteiger partial charge in [-0.15, -0.1) is 0 Å². The highest BCUT2D eigenvalue weighted by molar-refractivity contribution is 5.92. The predicted octanol–water partition coefficient (Wildman–Crippen LogP) is 1.66. The van der Waals surface area contributed by atoms with Crippen molar-refractivity contribution in [3.05, 3.63) is 53.9 Å². The van der Waals surface area contributed by atoms with Gasteiger partial charge >= 0.3 is 0 Å². The van der Waals surface area contributed by atoms with Crippen molar-refractivity contribution in [1.82, 2.24) is 15.1 Å². The van der Waals surface area contributed by atoms with Crippen LogP contribution < -0.4 is 5.32 Å². The second kappa shape index (κ2) is 6.86. The molecule has 0 saturated carbocycles. The van der Waals surface area contributed by atoms with Gasteiger partial charge in [-0.3, -0.25) is 9.48 Å². The summed E-state index contributed by atoms with van der Waals surface area (Å²) in [5, 5.41) is 16.0. The minimum atomic E-state index is -0.156. The van der Waals surface area contributed by atoms with Crippen LogP contribution in [0.25, 0.3) is 0 Å². The number of carbonyl (C=O) groups excluding carboxylic acids is 1. The van der Waals surface area contributed by atoms with E-state index in [0.717, 1.165) is 5.56 Å². The van der Waals surface area contributed by atoms with E-state index in [9.17, 15) is 4.79 Å².